The van der Waals surface area contributed by atoms with Gasteiger partial charge in [0.1, 0.15) is 17.5 Å². The quantitative estimate of drug-likeness (QED) is 0.901. The van der Waals surface area contributed by atoms with Crippen molar-refractivity contribution in [1.29, 1.82) is 0 Å². The fourth-order valence-corrected chi connectivity index (χ4v) is 3.00. The second-order valence-corrected chi connectivity index (χ2v) is 6.59. The molecule has 0 radical (unpaired) electrons. The lowest BCUT2D eigenvalue weighted by Gasteiger charge is -2.18. The van der Waals surface area contributed by atoms with E-state index in [1.165, 1.54) is 5.56 Å². The molecule has 1 N–H and O–H groups in total. The Morgan fingerprint density at radius 2 is 2.16 bits per heavy atom. The minimum absolute atomic E-state index is 0.784. The van der Waals surface area contributed by atoms with E-state index in [0.717, 1.165) is 34.3 Å². The van der Waals surface area contributed by atoms with E-state index in [4.69, 9.17) is 0 Å². The van der Waals surface area contributed by atoms with E-state index in [0.29, 0.717) is 0 Å². The Bertz CT molecular complexity index is 555. The van der Waals surface area contributed by atoms with Gasteiger partial charge in [-0.25, -0.2) is 9.97 Å². The molecule has 19 heavy (non-hydrogen) atoms. The molecule has 4 nitrogen and oxygen atoms in total. The van der Waals surface area contributed by atoms with Crippen molar-refractivity contribution in [2.75, 3.05) is 23.8 Å². The fraction of sp³-hybridized carbons (Fsp3) is 0.385. The number of nitrogens with zero attached hydrogens (tertiary/aromatic N) is 3. The maximum absolute atomic E-state index is 4.49. The van der Waals surface area contributed by atoms with Crippen molar-refractivity contribution < 1.29 is 0 Å². The number of hydrogen-bond acceptors (Lipinski definition) is 5. The Morgan fingerprint density at radius 3 is 2.79 bits per heavy atom. The zero-order valence-electron chi connectivity index (χ0n) is 11.3. The van der Waals surface area contributed by atoms with Gasteiger partial charge in [-0.15, -0.1) is 11.3 Å². The Balaban J connectivity index is 2.15. The highest BCUT2D eigenvalue weighted by molar-refractivity contribution is 9.11. The van der Waals surface area contributed by atoms with Gasteiger partial charge < -0.3 is 10.2 Å². The van der Waals surface area contributed by atoms with E-state index < -0.39 is 0 Å². The highest BCUT2D eigenvalue weighted by atomic mass is 79.9. The number of halogens is 1. The summed E-state index contributed by atoms with van der Waals surface area (Å²) in [4.78, 5) is 11.0. The molecule has 2 aromatic rings. The highest BCUT2D eigenvalue weighted by Crippen LogP contribution is 2.23. The molecule has 0 aliphatic heterocycles. The number of aromatic nitrogens is 2. The molecule has 102 valence electrons. The van der Waals surface area contributed by atoms with Crippen molar-refractivity contribution in [3.8, 4) is 0 Å². The molecular weight excluding hydrogens is 324 g/mol. The van der Waals surface area contributed by atoms with Gasteiger partial charge in [-0.1, -0.05) is 0 Å². The van der Waals surface area contributed by atoms with Crippen molar-refractivity contribution in [1.82, 2.24) is 9.97 Å². The van der Waals surface area contributed by atoms with Gasteiger partial charge in [-0.2, -0.15) is 0 Å². The van der Waals surface area contributed by atoms with Gasteiger partial charge in [0, 0.05) is 26.2 Å². The van der Waals surface area contributed by atoms with Crippen molar-refractivity contribution in [2.45, 2.75) is 20.4 Å². The van der Waals surface area contributed by atoms with Crippen LogP contribution in [0.2, 0.25) is 0 Å². The molecule has 0 aliphatic carbocycles. The topological polar surface area (TPSA) is 41.0 Å². The number of thiophene rings is 1. The maximum Gasteiger partial charge on any atom is 0.134 e. The maximum atomic E-state index is 4.49. The first-order valence-corrected chi connectivity index (χ1v) is 7.79. The van der Waals surface area contributed by atoms with Gasteiger partial charge in [-0.05, 0) is 46.8 Å². The van der Waals surface area contributed by atoms with Crippen molar-refractivity contribution in [3.63, 3.8) is 0 Å². The molecule has 6 heteroatoms. The van der Waals surface area contributed by atoms with E-state index in [-0.39, 0.29) is 0 Å². The Labute approximate surface area is 126 Å². The molecular formula is C13H17BrN4S. The second-order valence-electron chi connectivity index (χ2n) is 4.30. The minimum atomic E-state index is 0.784. The van der Waals surface area contributed by atoms with Crippen LogP contribution in [0.3, 0.4) is 0 Å². The molecule has 2 rings (SSSR count). The van der Waals surface area contributed by atoms with Crippen LogP contribution in [0.1, 0.15) is 18.3 Å². The van der Waals surface area contributed by atoms with Crippen LogP contribution in [0.4, 0.5) is 11.6 Å². The van der Waals surface area contributed by atoms with Crippen LogP contribution in [-0.4, -0.2) is 23.6 Å². The number of rotatable bonds is 5. The molecule has 0 atom stereocenters. The summed E-state index contributed by atoms with van der Waals surface area (Å²) >= 11 is 5.19. The zero-order valence-corrected chi connectivity index (χ0v) is 13.7. The number of aryl methyl sites for hydroxylation is 1. The van der Waals surface area contributed by atoms with Crippen LogP contribution in [0, 0.1) is 6.92 Å². The summed E-state index contributed by atoms with van der Waals surface area (Å²) in [6.45, 7) is 5.67. The standard InChI is InChI=1S/C13H17BrN4S/c1-4-15-12-6-13(17-9(2)16-12)18(3)7-10-5-11(14)19-8-10/h5-6,8H,4,7H2,1-3H3,(H,15,16,17). The average molecular weight is 341 g/mol. The van der Waals surface area contributed by atoms with Gasteiger partial charge in [0.15, 0.2) is 0 Å². The first-order valence-electron chi connectivity index (χ1n) is 6.12. The van der Waals surface area contributed by atoms with Gasteiger partial charge in [0.05, 0.1) is 3.79 Å². The number of anilines is 2. The molecule has 0 amide bonds. The molecule has 0 saturated heterocycles. The van der Waals surface area contributed by atoms with E-state index in [1.807, 2.05) is 20.0 Å². The van der Waals surface area contributed by atoms with E-state index >= 15 is 0 Å². The van der Waals surface area contributed by atoms with Crippen molar-refractivity contribution in [2.24, 2.45) is 0 Å². The lowest BCUT2D eigenvalue weighted by molar-refractivity contribution is 0.881. The van der Waals surface area contributed by atoms with Crippen molar-refractivity contribution >= 4 is 38.9 Å². The highest BCUT2D eigenvalue weighted by Gasteiger charge is 2.08. The van der Waals surface area contributed by atoms with Gasteiger partial charge in [0.2, 0.25) is 0 Å². The van der Waals surface area contributed by atoms with Crippen LogP contribution in [-0.2, 0) is 6.54 Å². The Kier molecular flexibility index (Phi) is 4.76. The zero-order chi connectivity index (χ0) is 13.8. The first-order chi connectivity index (χ1) is 9.08. The van der Waals surface area contributed by atoms with E-state index in [9.17, 15) is 0 Å². The summed E-state index contributed by atoms with van der Waals surface area (Å²) in [5.74, 6) is 2.60. The van der Waals surface area contributed by atoms with E-state index in [2.05, 4.69) is 54.5 Å². The lowest BCUT2D eigenvalue weighted by atomic mass is 10.3. The monoisotopic (exact) mass is 340 g/mol. The summed E-state index contributed by atoms with van der Waals surface area (Å²) in [6, 6.07) is 4.12. The molecule has 0 aliphatic rings. The summed E-state index contributed by atoms with van der Waals surface area (Å²) < 4.78 is 1.16. The largest absolute Gasteiger partial charge is 0.370 e. The Morgan fingerprint density at radius 1 is 1.37 bits per heavy atom. The van der Waals surface area contributed by atoms with Crippen LogP contribution < -0.4 is 10.2 Å². The molecule has 2 heterocycles. The molecule has 0 unspecified atom stereocenters. The average Bonchev–Trinajstić information content (AvgIpc) is 2.74. The smallest absolute Gasteiger partial charge is 0.134 e. The van der Waals surface area contributed by atoms with Crippen LogP contribution in [0.5, 0.6) is 0 Å². The predicted octanol–water partition coefficient (Wildman–Crippen LogP) is 3.68. The van der Waals surface area contributed by atoms with E-state index in [1.54, 1.807) is 11.3 Å². The normalized spacial score (nSPS) is 10.5. The number of nitrogens with one attached hydrogen (secondary N) is 1. The fourth-order valence-electron chi connectivity index (χ4n) is 1.80. The molecule has 0 spiro atoms. The summed E-state index contributed by atoms with van der Waals surface area (Å²) in [5, 5.41) is 5.38. The van der Waals surface area contributed by atoms with Gasteiger partial charge in [0.25, 0.3) is 0 Å². The predicted molar refractivity (Wildman–Crippen MR) is 85.1 cm³/mol. The summed E-state index contributed by atoms with van der Waals surface area (Å²) in [7, 11) is 2.04. The number of hydrogen-bond donors (Lipinski definition) is 1. The molecule has 0 aromatic carbocycles. The van der Waals surface area contributed by atoms with Crippen LogP contribution in [0.15, 0.2) is 21.3 Å². The molecule has 2 aromatic heterocycles. The van der Waals surface area contributed by atoms with Crippen LogP contribution >= 0.6 is 27.3 Å². The third-order valence-electron chi connectivity index (χ3n) is 2.61. The Hall–Kier alpha value is -1.14. The van der Waals surface area contributed by atoms with Gasteiger partial charge >= 0.3 is 0 Å². The third-order valence-corrected chi connectivity index (χ3v) is 4.17. The summed E-state index contributed by atoms with van der Waals surface area (Å²) in [6.07, 6.45) is 0. The van der Waals surface area contributed by atoms with Crippen LogP contribution in [0.25, 0.3) is 0 Å². The molecule has 0 fully saturated rings. The molecule has 0 saturated carbocycles. The lowest BCUT2D eigenvalue weighted by Crippen LogP contribution is -2.18. The summed E-state index contributed by atoms with van der Waals surface area (Å²) in [5.41, 5.74) is 1.28. The molecule has 0 bridgehead atoms. The van der Waals surface area contributed by atoms with Crippen molar-refractivity contribution in [3.05, 3.63) is 32.7 Å². The third kappa shape index (κ3) is 3.91. The second kappa shape index (κ2) is 6.34. The van der Waals surface area contributed by atoms with Gasteiger partial charge in [-0.3, -0.25) is 0 Å². The minimum Gasteiger partial charge on any atom is -0.370 e. The first kappa shape index (κ1) is 14.3. The SMILES string of the molecule is CCNc1cc(N(C)Cc2csc(Br)c2)nc(C)n1.